The van der Waals surface area contributed by atoms with E-state index in [-0.39, 0.29) is 11.5 Å². The third-order valence-electron chi connectivity index (χ3n) is 1.42. The minimum Gasteiger partial charge on any atom is -0.307 e. The molecule has 11 heavy (non-hydrogen) atoms. The molecule has 0 saturated carbocycles. The molecule has 0 atom stereocenters. The maximum Gasteiger partial charge on any atom is 0.272 e. The molecule has 0 unspecified atom stereocenters. The van der Waals surface area contributed by atoms with Gasteiger partial charge in [-0.1, -0.05) is 13.8 Å². The first-order chi connectivity index (χ1) is 5.11. The van der Waals surface area contributed by atoms with E-state index in [1.165, 1.54) is 0 Å². The fourth-order valence-electron chi connectivity index (χ4n) is 0.666. The molecule has 1 N–H and O–H groups in total. The molecule has 0 aliphatic carbocycles. The fourth-order valence-corrected chi connectivity index (χ4v) is 0.666. The molecule has 1 heterocycles. The van der Waals surface area contributed by atoms with E-state index >= 15 is 0 Å². The van der Waals surface area contributed by atoms with Gasteiger partial charge < -0.3 is 4.98 Å². The zero-order valence-electron chi connectivity index (χ0n) is 6.88. The van der Waals surface area contributed by atoms with E-state index in [0.29, 0.717) is 11.5 Å². The van der Waals surface area contributed by atoms with Crippen LogP contribution in [0.4, 0.5) is 0 Å². The molecule has 0 bridgehead atoms. The number of aromatic nitrogens is 3. The normalized spacial score (nSPS) is 10.5. The number of hydrogen-bond acceptors (Lipinski definition) is 3. The van der Waals surface area contributed by atoms with Crippen molar-refractivity contribution in [2.75, 3.05) is 0 Å². The van der Waals surface area contributed by atoms with Crippen LogP contribution in [-0.4, -0.2) is 15.2 Å². The summed E-state index contributed by atoms with van der Waals surface area (Å²) in [5.74, 6) is 0.858. The predicted molar refractivity (Wildman–Crippen MR) is 41.5 cm³/mol. The number of aromatic amines is 1. The van der Waals surface area contributed by atoms with Gasteiger partial charge in [-0.3, -0.25) is 4.79 Å². The van der Waals surface area contributed by atoms with Gasteiger partial charge in [0.05, 0.1) is 0 Å². The second-order valence-corrected chi connectivity index (χ2v) is 2.78. The summed E-state index contributed by atoms with van der Waals surface area (Å²) >= 11 is 0. The van der Waals surface area contributed by atoms with Crippen molar-refractivity contribution in [1.29, 1.82) is 0 Å². The Balaban J connectivity index is 3.16. The molecule has 0 spiro atoms. The Kier molecular flexibility index (Phi) is 2.03. The highest BCUT2D eigenvalue weighted by atomic mass is 16.1. The Morgan fingerprint density at radius 3 is 2.45 bits per heavy atom. The van der Waals surface area contributed by atoms with Gasteiger partial charge in [-0.25, -0.2) is 0 Å². The Hall–Kier alpha value is -1.19. The highest BCUT2D eigenvalue weighted by molar-refractivity contribution is 4.95. The Bertz CT molecular complexity index is 303. The van der Waals surface area contributed by atoms with Crippen LogP contribution in [-0.2, 0) is 0 Å². The molecule has 0 aliphatic heterocycles. The van der Waals surface area contributed by atoms with Gasteiger partial charge in [0.15, 0.2) is 0 Å². The van der Waals surface area contributed by atoms with Crippen molar-refractivity contribution < 1.29 is 0 Å². The first-order valence-electron chi connectivity index (χ1n) is 3.54. The number of H-pyrrole nitrogens is 1. The number of hydrogen-bond donors (Lipinski definition) is 1. The summed E-state index contributed by atoms with van der Waals surface area (Å²) in [4.78, 5) is 13.6. The maximum absolute atomic E-state index is 11.0. The molecule has 60 valence electrons. The van der Waals surface area contributed by atoms with Crippen molar-refractivity contribution >= 4 is 0 Å². The lowest BCUT2D eigenvalue weighted by Gasteiger charge is -2.00. The van der Waals surface area contributed by atoms with Crippen LogP contribution in [0.15, 0.2) is 4.79 Å². The zero-order valence-corrected chi connectivity index (χ0v) is 6.88. The van der Waals surface area contributed by atoms with E-state index in [9.17, 15) is 4.79 Å². The minimum atomic E-state index is -0.149. The summed E-state index contributed by atoms with van der Waals surface area (Å²) in [6, 6.07) is 0. The van der Waals surface area contributed by atoms with E-state index < -0.39 is 0 Å². The van der Waals surface area contributed by atoms with Gasteiger partial charge in [-0.15, -0.1) is 10.2 Å². The third kappa shape index (κ3) is 1.63. The van der Waals surface area contributed by atoms with Crippen molar-refractivity contribution in [2.24, 2.45) is 0 Å². The molecule has 0 saturated heterocycles. The second-order valence-electron chi connectivity index (χ2n) is 2.78. The predicted octanol–water partition coefficient (Wildman–Crippen LogP) is 0.597. The monoisotopic (exact) mass is 153 g/mol. The van der Waals surface area contributed by atoms with Crippen LogP contribution in [0.3, 0.4) is 0 Å². The largest absolute Gasteiger partial charge is 0.307 e. The van der Waals surface area contributed by atoms with Crippen LogP contribution < -0.4 is 5.56 Å². The van der Waals surface area contributed by atoms with Crippen molar-refractivity contribution in [3.8, 4) is 0 Å². The average molecular weight is 153 g/mol. The van der Waals surface area contributed by atoms with Gasteiger partial charge in [0.25, 0.3) is 5.56 Å². The fraction of sp³-hybridized carbons (Fsp3) is 0.571. The van der Waals surface area contributed by atoms with Gasteiger partial charge in [0.1, 0.15) is 11.5 Å². The highest BCUT2D eigenvalue weighted by Gasteiger charge is 2.02. The first kappa shape index (κ1) is 7.91. The summed E-state index contributed by atoms with van der Waals surface area (Å²) in [5, 5.41) is 7.54. The molecule has 4 heteroatoms. The molecule has 1 aromatic rings. The number of nitrogens with one attached hydrogen (secondary N) is 1. The standard InChI is InChI=1S/C7H11N3O/c1-4(2)6-8-7(11)5(3)9-10-6/h4H,1-3H3,(H,8,10,11). The van der Waals surface area contributed by atoms with Crippen molar-refractivity contribution in [3.05, 3.63) is 21.9 Å². The SMILES string of the molecule is Cc1nnc(C(C)C)[nH]c1=O. The zero-order chi connectivity index (χ0) is 8.43. The van der Waals surface area contributed by atoms with Gasteiger partial charge >= 0.3 is 0 Å². The first-order valence-corrected chi connectivity index (χ1v) is 3.54. The second kappa shape index (κ2) is 2.82. The molecule has 1 rings (SSSR count). The molecule has 0 aromatic carbocycles. The summed E-state index contributed by atoms with van der Waals surface area (Å²) in [5.41, 5.74) is 0.262. The third-order valence-corrected chi connectivity index (χ3v) is 1.42. The number of aryl methyl sites for hydroxylation is 1. The molecular formula is C7H11N3O. The molecule has 1 aromatic heterocycles. The van der Waals surface area contributed by atoms with Crippen LogP contribution in [0.5, 0.6) is 0 Å². The van der Waals surface area contributed by atoms with Crippen molar-refractivity contribution in [2.45, 2.75) is 26.7 Å². The lowest BCUT2D eigenvalue weighted by Crippen LogP contribution is -2.17. The Morgan fingerprint density at radius 1 is 1.36 bits per heavy atom. The topological polar surface area (TPSA) is 58.6 Å². The number of rotatable bonds is 1. The van der Waals surface area contributed by atoms with Crippen LogP contribution >= 0.6 is 0 Å². The van der Waals surface area contributed by atoms with Gasteiger partial charge in [0.2, 0.25) is 0 Å². The van der Waals surface area contributed by atoms with Gasteiger partial charge in [-0.05, 0) is 6.92 Å². The van der Waals surface area contributed by atoms with Gasteiger partial charge in [-0.2, -0.15) is 0 Å². The summed E-state index contributed by atoms with van der Waals surface area (Å²) in [6.45, 7) is 5.54. The van der Waals surface area contributed by atoms with Crippen LogP contribution in [0.25, 0.3) is 0 Å². The lowest BCUT2D eigenvalue weighted by molar-refractivity contribution is 0.715. The van der Waals surface area contributed by atoms with Crippen LogP contribution in [0.2, 0.25) is 0 Å². The van der Waals surface area contributed by atoms with Crippen molar-refractivity contribution in [1.82, 2.24) is 15.2 Å². The van der Waals surface area contributed by atoms with Crippen LogP contribution in [0, 0.1) is 6.92 Å². The van der Waals surface area contributed by atoms with E-state index in [0.717, 1.165) is 0 Å². The number of nitrogens with zero attached hydrogens (tertiary/aromatic N) is 2. The van der Waals surface area contributed by atoms with E-state index in [4.69, 9.17) is 0 Å². The average Bonchev–Trinajstić information content (AvgIpc) is 1.94. The lowest BCUT2D eigenvalue weighted by atomic mass is 10.2. The smallest absolute Gasteiger partial charge is 0.272 e. The molecule has 0 fully saturated rings. The Labute approximate surface area is 64.7 Å². The molecule has 4 nitrogen and oxygen atoms in total. The van der Waals surface area contributed by atoms with E-state index in [1.807, 2.05) is 13.8 Å². The van der Waals surface area contributed by atoms with Crippen molar-refractivity contribution in [3.63, 3.8) is 0 Å². The van der Waals surface area contributed by atoms with Gasteiger partial charge in [0, 0.05) is 5.92 Å². The molecule has 0 aliphatic rings. The van der Waals surface area contributed by atoms with E-state index in [1.54, 1.807) is 6.92 Å². The molecular weight excluding hydrogens is 142 g/mol. The molecule has 0 amide bonds. The quantitative estimate of drug-likeness (QED) is 0.642. The minimum absolute atomic E-state index is 0.149. The van der Waals surface area contributed by atoms with Crippen LogP contribution in [0.1, 0.15) is 31.3 Å². The highest BCUT2D eigenvalue weighted by Crippen LogP contribution is 2.03. The van der Waals surface area contributed by atoms with E-state index in [2.05, 4.69) is 15.2 Å². The molecule has 0 radical (unpaired) electrons. The Morgan fingerprint density at radius 2 is 2.00 bits per heavy atom. The summed E-state index contributed by atoms with van der Waals surface area (Å²) < 4.78 is 0. The summed E-state index contributed by atoms with van der Waals surface area (Å²) in [6.07, 6.45) is 0. The maximum atomic E-state index is 11.0. The summed E-state index contributed by atoms with van der Waals surface area (Å²) in [7, 11) is 0.